The maximum Gasteiger partial charge on any atom is 0.0939 e. The summed E-state index contributed by atoms with van der Waals surface area (Å²) in [7, 11) is -1.28. The van der Waals surface area contributed by atoms with Crippen LogP contribution in [0.25, 0.3) is 0 Å². The normalized spacial score (nSPS) is 12.5. The average molecular weight is 265 g/mol. The molecule has 1 aromatic rings. The topological polar surface area (TPSA) is 23.9 Å². The van der Waals surface area contributed by atoms with E-state index < -0.39 is 8.07 Å². The van der Waals surface area contributed by atoms with Crippen LogP contribution in [0.2, 0.25) is 18.1 Å². The van der Waals surface area contributed by atoms with Gasteiger partial charge in [-0.25, -0.2) is 0 Å². The Hall–Kier alpha value is -0.543. The molecular weight excluding hydrogens is 242 g/mol. The highest BCUT2D eigenvalue weighted by molar-refractivity contribution is 8.15. The molecule has 0 aliphatic carbocycles. The standard InChI is InChI=1S/C14H23NSSi/c1-14(2,3)17(4,5)11-16-13(15)12-9-7-6-8-10-12/h6-10,15H,11H2,1-5H3. The third-order valence-electron chi connectivity index (χ3n) is 3.64. The molecule has 0 spiro atoms. The van der Waals surface area contributed by atoms with E-state index in [1.165, 1.54) is 0 Å². The lowest BCUT2D eigenvalue weighted by atomic mass is 10.2. The summed E-state index contributed by atoms with van der Waals surface area (Å²) in [5.74, 6) is 0. The molecule has 94 valence electrons. The molecule has 1 N–H and O–H groups in total. The largest absolute Gasteiger partial charge is 0.293 e. The molecule has 0 aliphatic heterocycles. The van der Waals surface area contributed by atoms with Crippen molar-refractivity contribution in [3.8, 4) is 0 Å². The predicted molar refractivity (Wildman–Crippen MR) is 82.9 cm³/mol. The fourth-order valence-corrected chi connectivity index (χ4v) is 5.20. The van der Waals surface area contributed by atoms with Crippen molar-refractivity contribution in [3.63, 3.8) is 0 Å². The maximum absolute atomic E-state index is 8.10. The summed E-state index contributed by atoms with van der Waals surface area (Å²) in [6.07, 6.45) is 0. The number of hydrogen-bond acceptors (Lipinski definition) is 2. The SMILES string of the molecule is CC(C)(C)[Si](C)(C)CSC(=N)c1ccccc1. The van der Waals surface area contributed by atoms with Crippen LogP contribution in [0.3, 0.4) is 0 Å². The lowest BCUT2D eigenvalue weighted by Crippen LogP contribution is -2.40. The first-order valence-corrected chi connectivity index (χ1v) is 10.2. The van der Waals surface area contributed by atoms with E-state index in [0.29, 0.717) is 10.1 Å². The molecular formula is C14H23NSSi. The molecule has 1 aromatic carbocycles. The molecule has 0 unspecified atom stereocenters. The van der Waals surface area contributed by atoms with Crippen molar-refractivity contribution in [2.45, 2.75) is 38.9 Å². The number of rotatable bonds is 3. The summed E-state index contributed by atoms with van der Waals surface area (Å²) in [5, 5.41) is 10.3. The van der Waals surface area contributed by atoms with E-state index in [0.717, 1.165) is 10.9 Å². The summed E-state index contributed by atoms with van der Waals surface area (Å²) >= 11 is 1.71. The summed E-state index contributed by atoms with van der Waals surface area (Å²) < 4.78 is 0. The van der Waals surface area contributed by atoms with Crippen LogP contribution in [-0.2, 0) is 0 Å². The second-order valence-corrected chi connectivity index (χ2v) is 13.2. The van der Waals surface area contributed by atoms with Crippen LogP contribution < -0.4 is 0 Å². The molecule has 0 saturated carbocycles. The van der Waals surface area contributed by atoms with Gasteiger partial charge in [-0.15, -0.1) is 11.8 Å². The molecule has 0 amide bonds. The molecule has 0 fully saturated rings. The highest BCUT2D eigenvalue weighted by Crippen LogP contribution is 2.38. The van der Waals surface area contributed by atoms with Crippen LogP contribution in [-0.4, -0.2) is 18.5 Å². The third kappa shape index (κ3) is 4.00. The van der Waals surface area contributed by atoms with E-state index in [-0.39, 0.29) is 0 Å². The first-order valence-electron chi connectivity index (χ1n) is 6.01. The van der Waals surface area contributed by atoms with Crippen molar-refractivity contribution in [3.05, 3.63) is 35.9 Å². The van der Waals surface area contributed by atoms with Crippen molar-refractivity contribution in [2.24, 2.45) is 0 Å². The van der Waals surface area contributed by atoms with Crippen molar-refractivity contribution in [1.82, 2.24) is 0 Å². The molecule has 0 heterocycles. The van der Waals surface area contributed by atoms with Gasteiger partial charge in [0.25, 0.3) is 0 Å². The molecule has 0 radical (unpaired) electrons. The van der Waals surface area contributed by atoms with Crippen LogP contribution in [0.15, 0.2) is 30.3 Å². The third-order valence-corrected chi connectivity index (χ3v) is 11.7. The van der Waals surface area contributed by atoms with Gasteiger partial charge in [0.1, 0.15) is 0 Å². The Morgan fingerprint density at radius 1 is 1.18 bits per heavy atom. The molecule has 1 rings (SSSR count). The van der Waals surface area contributed by atoms with Crippen molar-refractivity contribution >= 4 is 24.9 Å². The van der Waals surface area contributed by atoms with E-state index in [4.69, 9.17) is 5.41 Å². The Kier molecular flexibility index (Phi) is 4.61. The molecule has 3 heteroatoms. The highest BCUT2D eigenvalue weighted by Gasteiger charge is 2.35. The summed E-state index contributed by atoms with van der Waals surface area (Å²) in [6, 6.07) is 10.0. The van der Waals surface area contributed by atoms with Crippen molar-refractivity contribution < 1.29 is 0 Å². The molecule has 0 aliphatic rings. The van der Waals surface area contributed by atoms with E-state index in [9.17, 15) is 0 Å². The van der Waals surface area contributed by atoms with Gasteiger partial charge in [-0.1, -0.05) is 64.2 Å². The lowest BCUT2D eigenvalue weighted by Gasteiger charge is -2.36. The van der Waals surface area contributed by atoms with E-state index in [1.807, 2.05) is 30.3 Å². The van der Waals surface area contributed by atoms with Gasteiger partial charge in [0.2, 0.25) is 0 Å². The van der Waals surface area contributed by atoms with Gasteiger partial charge < -0.3 is 0 Å². The van der Waals surface area contributed by atoms with Gasteiger partial charge in [-0.3, -0.25) is 5.41 Å². The molecule has 0 atom stereocenters. The van der Waals surface area contributed by atoms with E-state index in [2.05, 4.69) is 33.9 Å². The van der Waals surface area contributed by atoms with Gasteiger partial charge >= 0.3 is 0 Å². The zero-order valence-electron chi connectivity index (χ0n) is 11.5. The van der Waals surface area contributed by atoms with Gasteiger partial charge in [0.15, 0.2) is 0 Å². The van der Waals surface area contributed by atoms with Crippen molar-refractivity contribution in [2.75, 3.05) is 5.38 Å². The van der Waals surface area contributed by atoms with Crippen LogP contribution in [0.5, 0.6) is 0 Å². The smallest absolute Gasteiger partial charge is 0.0939 e. The Morgan fingerprint density at radius 3 is 2.18 bits per heavy atom. The van der Waals surface area contributed by atoms with Gasteiger partial charge in [0, 0.05) is 5.56 Å². The van der Waals surface area contributed by atoms with Crippen LogP contribution in [0.4, 0.5) is 0 Å². The van der Waals surface area contributed by atoms with Gasteiger partial charge in [-0.2, -0.15) is 0 Å². The second kappa shape index (κ2) is 5.40. The second-order valence-electron chi connectivity index (χ2n) is 6.12. The number of hydrogen-bond donors (Lipinski definition) is 1. The molecule has 17 heavy (non-hydrogen) atoms. The Labute approximate surface area is 111 Å². The molecule has 0 saturated heterocycles. The average Bonchev–Trinajstić information content (AvgIpc) is 2.25. The maximum atomic E-state index is 8.10. The first-order chi connectivity index (χ1) is 7.74. The number of benzene rings is 1. The summed E-state index contributed by atoms with van der Waals surface area (Å²) in [5.41, 5.74) is 1.04. The Bertz CT molecular complexity index is 379. The van der Waals surface area contributed by atoms with Crippen LogP contribution in [0, 0.1) is 5.41 Å². The zero-order valence-corrected chi connectivity index (χ0v) is 13.3. The van der Waals surface area contributed by atoms with Crippen molar-refractivity contribution in [1.29, 1.82) is 5.41 Å². The predicted octanol–water partition coefficient (Wildman–Crippen LogP) is 4.79. The van der Waals surface area contributed by atoms with Gasteiger partial charge in [-0.05, 0) is 10.4 Å². The van der Waals surface area contributed by atoms with E-state index in [1.54, 1.807) is 11.8 Å². The van der Waals surface area contributed by atoms with Gasteiger partial charge in [0.05, 0.1) is 13.1 Å². The molecule has 1 nitrogen and oxygen atoms in total. The summed E-state index contributed by atoms with van der Waals surface area (Å²) in [6.45, 7) is 11.8. The minimum absolute atomic E-state index is 0.400. The number of nitrogens with one attached hydrogen (secondary N) is 1. The minimum Gasteiger partial charge on any atom is -0.293 e. The summed E-state index contributed by atoms with van der Waals surface area (Å²) in [4.78, 5) is 0. The monoisotopic (exact) mass is 265 g/mol. The quantitative estimate of drug-likeness (QED) is 0.474. The first kappa shape index (κ1) is 14.5. The van der Waals surface area contributed by atoms with Crippen LogP contribution >= 0.6 is 11.8 Å². The Morgan fingerprint density at radius 2 is 1.71 bits per heavy atom. The number of thioether (sulfide) groups is 1. The molecule has 0 aromatic heterocycles. The fourth-order valence-electron chi connectivity index (χ4n) is 1.14. The van der Waals surface area contributed by atoms with E-state index >= 15 is 0 Å². The zero-order chi connectivity index (χ0) is 13.1. The minimum atomic E-state index is -1.28. The Balaban J connectivity index is 2.61. The fraction of sp³-hybridized carbons (Fsp3) is 0.500. The molecule has 0 bridgehead atoms. The lowest BCUT2D eigenvalue weighted by molar-refractivity contribution is 0.723. The highest BCUT2D eigenvalue weighted by atomic mass is 32.2. The van der Waals surface area contributed by atoms with Crippen LogP contribution in [0.1, 0.15) is 26.3 Å².